The summed E-state index contributed by atoms with van der Waals surface area (Å²) in [4.78, 5) is 12.2. The zero-order valence-corrected chi connectivity index (χ0v) is 11.1. The Morgan fingerprint density at radius 1 is 1.56 bits per heavy atom. The van der Waals surface area contributed by atoms with E-state index in [1.54, 1.807) is 21.1 Å². The molecule has 18 heavy (non-hydrogen) atoms. The maximum atomic E-state index is 12.2. The minimum absolute atomic E-state index is 0.0668. The van der Waals surface area contributed by atoms with Crippen molar-refractivity contribution in [3.8, 4) is 0 Å². The van der Waals surface area contributed by atoms with Crippen LogP contribution in [0.25, 0.3) is 0 Å². The van der Waals surface area contributed by atoms with Crippen LogP contribution in [0.3, 0.4) is 0 Å². The van der Waals surface area contributed by atoms with Crippen LogP contribution in [0.5, 0.6) is 0 Å². The first-order chi connectivity index (χ1) is 8.54. The van der Waals surface area contributed by atoms with Gasteiger partial charge in [0, 0.05) is 14.2 Å². The molecule has 6 nitrogen and oxygen atoms in total. The zero-order chi connectivity index (χ0) is 13.3. The van der Waals surface area contributed by atoms with E-state index in [4.69, 9.17) is 10.5 Å². The number of amides is 1. The summed E-state index contributed by atoms with van der Waals surface area (Å²) < 4.78 is 6.88. The molecular formula is C12H20N4O2. The lowest BCUT2D eigenvalue weighted by Crippen LogP contribution is -2.41. The molecule has 0 aliphatic heterocycles. The number of nitrogens with zero attached hydrogens (tertiary/aromatic N) is 2. The summed E-state index contributed by atoms with van der Waals surface area (Å²) in [5.74, 6) is -0.176. The number of nitrogen functional groups attached to an aromatic ring is 1. The van der Waals surface area contributed by atoms with Gasteiger partial charge < -0.3 is 15.8 Å². The molecule has 1 aliphatic rings. The van der Waals surface area contributed by atoms with Gasteiger partial charge >= 0.3 is 0 Å². The number of nitrogens with one attached hydrogen (secondary N) is 1. The van der Waals surface area contributed by atoms with E-state index in [1.807, 2.05) is 0 Å². The number of carbonyl (C=O) groups excluding carboxylic acids is 1. The molecule has 1 fully saturated rings. The Bertz CT molecular complexity index is 455. The summed E-state index contributed by atoms with van der Waals surface area (Å²) in [6.45, 7) is 1.79. The molecule has 1 aliphatic carbocycles. The maximum absolute atomic E-state index is 12.2. The first-order valence-corrected chi connectivity index (χ1v) is 6.17. The van der Waals surface area contributed by atoms with Crippen LogP contribution in [0.15, 0.2) is 0 Å². The molecule has 0 bridgehead atoms. The summed E-state index contributed by atoms with van der Waals surface area (Å²) in [5.41, 5.74) is 7.42. The Morgan fingerprint density at radius 3 is 2.83 bits per heavy atom. The van der Waals surface area contributed by atoms with E-state index in [1.165, 1.54) is 4.68 Å². The molecule has 0 aromatic carbocycles. The molecule has 1 aromatic heterocycles. The molecule has 1 heterocycles. The Morgan fingerprint density at radius 2 is 2.28 bits per heavy atom. The first kappa shape index (κ1) is 12.9. The third-order valence-corrected chi connectivity index (χ3v) is 3.56. The van der Waals surface area contributed by atoms with E-state index in [0.29, 0.717) is 17.1 Å². The number of nitrogens with two attached hydrogens (primary N) is 1. The number of aryl methyl sites for hydroxylation is 2. The highest BCUT2D eigenvalue weighted by molar-refractivity contribution is 5.98. The molecule has 2 atom stereocenters. The molecule has 1 aromatic rings. The van der Waals surface area contributed by atoms with Gasteiger partial charge in [0.15, 0.2) is 0 Å². The molecule has 0 saturated heterocycles. The van der Waals surface area contributed by atoms with E-state index in [9.17, 15) is 4.79 Å². The molecule has 2 rings (SSSR count). The predicted octanol–water partition coefficient (Wildman–Crippen LogP) is 0.608. The van der Waals surface area contributed by atoms with E-state index >= 15 is 0 Å². The van der Waals surface area contributed by atoms with Crippen LogP contribution in [0.2, 0.25) is 0 Å². The summed E-state index contributed by atoms with van der Waals surface area (Å²) >= 11 is 0. The Balaban J connectivity index is 2.12. The van der Waals surface area contributed by atoms with Crippen molar-refractivity contribution in [1.29, 1.82) is 0 Å². The lowest BCUT2D eigenvalue weighted by atomic mass is 10.2. The van der Waals surface area contributed by atoms with Gasteiger partial charge in [0.2, 0.25) is 0 Å². The Hall–Kier alpha value is -1.56. The number of hydrogen-bond donors (Lipinski definition) is 2. The molecule has 1 saturated carbocycles. The van der Waals surface area contributed by atoms with Crippen molar-refractivity contribution in [1.82, 2.24) is 15.1 Å². The van der Waals surface area contributed by atoms with Gasteiger partial charge in [0.1, 0.15) is 5.69 Å². The number of hydrogen-bond acceptors (Lipinski definition) is 4. The van der Waals surface area contributed by atoms with Crippen molar-refractivity contribution in [3.05, 3.63) is 11.4 Å². The van der Waals surface area contributed by atoms with Gasteiger partial charge in [-0.05, 0) is 26.2 Å². The summed E-state index contributed by atoms with van der Waals surface area (Å²) in [7, 11) is 3.40. The van der Waals surface area contributed by atoms with Gasteiger partial charge in [0.25, 0.3) is 5.91 Å². The van der Waals surface area contributed by atoms with Crippen molar-refractivity contribution in [2.24, 2.45) is 7.05 Å². The predicted molar refractivity (Wildman–Crippen MR) is 68.3 cm³/mol. The summed E-state index contributed by atoms with van der Waals surface area (Å²) in [5, 5.41) is 7.13. The largest absolute Gasteiger partial charge is 0.395 e. The van der Waals surface area contributed by atoms with Crippen LogP contribution in [0.1, 0.15) is 35.4 Å². The second-order valence-electron chi connectivity index (χ2n) is 4.76. The fraction of sp³-hybridized carbons (Fsp3) is 0.667. The van der Waals surface area contributed by atoms with Crippen molar-refractivity contribution in [2.75, 3.05) is 12.8 Å². The highest BCUT2D eigenvalue weighted by atomic mass is 16.5. The second-order valence-corrected chi connectivity index (χ2v) is 4.76. The van der Waals surface area contributed by atoms with E-state index < -0.39 is 0 Å². The van der Waals surface area contributed by atoms with Crippen LogP contribution >= 0.6 is 0 Å². The topological polar surface area (TPSA) is 82.2 Å². The summed E-state index contributed by atoms with van der Waals surface area (Å²) in [6, 6.07) is 0.0668. The van der Waals surface area contributed by atoms with Gasteiger partial charge in [0.05, 0.1) is 23.5 Å². The minimum atomic E-state index is -0.176. The van der Waals surface area contributed by atoms with Crippen molar-refractivity contribution in [2.45, 2.75) is 38.3 Å². The van der Waals surface area contributed by atoms with Crippen LogP contribution in [-0.2, 0) is 11.8 Å². The molecule has 3 N–H and O–H groups in total. The molecule has 0 spiro atoms. The number of aromatic nitrogens is 2. The average molecular weight is 252 g/mol. The number of rotatable bonds is 3. The quantitative estimate of drug-likeness (QED) is 0.825. The third-order valence-electron chi connectivity index (χ3n) is 3.56. The number of carbonyl (C=O) groups is 1. The highest BCUT2D eigenvalue weighted by Gasteiger charge is 2.30. The maximum Gasteiger partial charge on any atom is 0.272 e. The molecule has 100 valence electrons. The van der Waals surface area contributed by atoms with Crippen molar-refractivity contribution in [3.63, 3.8) is 0 Å². The highest BCUT2D eigenvalue weighted by Crippen LogP contribution is 2.23. The van der Waals surface area contributed by atoms with Crippen LogP contribution in [0, 0.1) is 6.92 Å². The smallest absolute Gasteiger partial charge is 0.272 e. The fourth-order valence-corrected chi connectivity index (χ4v) is 2.55. The lowest BCUT2D eigenvalue weighted by molar-refractivity contribution is 0.0717. The van der Waals surface area contributed by atoms with Gasteiger partial charge in [-0.3, -0.25) is 9.48 Å². The molecule has 2 unspecified atom stereocenters. The second kappa shape index (κ2) is 4.97. The van der Waals surface area contributed by atoms with Crippen molar-refractivity contribution >= 4 is 11.6 Å². The van der Waals surface area contributed by atoms with Gasteiger partial charge in [-0.2, -0.15) is 5.10 Å². The van der Waals surface area contributed by atoms with Gasteiger partial charge in [-0.15, -0.1) is 0 Å². The Kier molecular flexibility index (Phi) is 3.56. The average Bonchev–Trinajstić information content (AvgIpc) is 2.85. The fourth-order valence-electron chi connectivity index (χ4n) is 2.55. The molecule has 1 amide bonds. The van der Waals surface area contributed by atoms with Crippen LogP contribution in [-0.4, -0.2) is 34.9 Å². The first-order valence-electron chi connectivity index (χ1n) is 6.17. The monoisotopic (exact) mass is 252 g/mol. The molecule has 0 radical (unpaired) electrons. The van der Waals surface area contributed by atoms with E-state index in [0.717, 1.165) is 19.3 Å². The molecular weight excluding hydrogens is 232 g/mol. The standard InChI is InChI=1S/C12H20N4O2/c1-7-10(13)11(16(2)15-7)12(17)14-8-5-4-6-9(8)18-3/h8-9H,4-6,13H2,1-3H3,(H,14,17). The van der Waals surface area contributed by atoms with Crippen LogP contribution < -0.4 is 11.1 Å². The summed E-state index contributed by atoms with van der Waals surface area (Å²) in [6.07, 6.45) is 3.11. The Labute approximate surface area is 106 Å². The SMILES string of the molecule is COC1CCCC1NC(=O)c1c(N)c(C)nn1C. The number of ether oxygens (including phenoxy) is 1. The number of anilines is 1. The zero-order valence-electron chi connectivity index (χ0n) is 11.1. The molecule has 6 heteroatoms. The minimum Gasteiger partial charge on any atom is -0.395 e. The normalized spacial score (nSPS) is 23.3. The number of methoxy groups -OCH3 is 1. The van der Waals surface area contributed by atoms with Gasteiger partial charge in [-0.25, -0.2) is 0 Å². The third kappa shape index (κ3) is 2.20. The lowest BCUT2D eigenvalue weighted by Gasteiger charge is -2.19. The van der Waals surface area contributed by atoms with Crippen LogP contribution in [0.4, 0.5) is 5.69 Å². The van der Waals surface area contributed by atoms with E-state index in [2.05, 4.69) is 10.4 Å². The van der Waals surface area contributed by atoms with E-state index in [-0.39, 0.29) is 18.1 Å². The van der Waals surface area contributed by atoms with Gasteiger partial charge in [-0.1, -0.05) is 0 Å². The van der Waals surface area contributed by atoms with Crippen molar-refractivity contribution < 1.29 is 9.53 Å².